The van der Waals surface area contributed by atoms with Crippen molar-refractivity contribution >= 4 is 5.91 Å². The van der Waals surface area contributed by atoms with Gasteiger partial charge in [-0.2, -0.15) is 0 Å². The van der Waals surface area contributed by atoms with E-state index in [1.807, 2.05) is 37.3 Å². The molecule has 1 unspecified atom stereocenters. The molecule has 1 amide bonds. The van der Waals surface area contributed by atoms with Gasteiger partial charge in [0.15, 0.2) is 0 Å². The molecule has 2 rings (SSSR count). The highest BCUT2D eigenvalue weighted by atomic mass is 19.1. The summed E-state index contributed by atoms with van der Waals surface area (Å²) in [5.74, 6) is -0.463. The first-order valence-electron chi connectivity index (χ1n) is 6.67. The van der Waals surface area contributed by atoms with Crippen LogP contribution < -0.4 is 5.32 Å². The lowest BCUT2D eigenvalue weighted by molar-refractivity contribution is 0.0940. The molecule has 1 N–H and O–H groups in total. The van der Waals surface area contributed by atoms with Crippen LogP contribution in [-0.2, 0) is 6.42 Å². The summed E-state index contributed by atoms with van der Waals surface area (Å²) in [4.78, 5) is 12.1. The Morgan fingerprint density at radius 1 is 1.20 bits per heavy atom. The molecule has 0 aliphatic heterocycles. The van der Waals surface area contributed by atoms with Gasteiger partial charge in [0.05, 0.1) is 0 Å². The van der Waals surface area contributed by atoms with Crippen molar-refractivity contribution in [1.29, 1.82) is 0 Å². The van der Waals surface area contributed by atoms with Crippen molar-refractivity contribution in [1.82, 2.24) is 5.32 Å². The van der Waals surface area contributed by atoms with E-state index in [4.69, 9.17) is 0 Å². The number of nitrogens with one attached hydrogen (secondary N) is 1. The first-order chi connectivity index (χ1) is 9.56. The zero-order chi connectivity index (χ0) is 14.5. The first-order valence-corrected chi connectivity index (χ1v) is 6.67. The van der Waals surface area contributed by atoms with Crippen molar-refractivity contribution in [3.63, 3.8) is 0 Å². The Morgan fingerprint density at radius 3 is 2.55 bits per heavy atom. The molecule has 0 fully saturated rings. The third kappa shape index (κ3) is 3.67. The number of carbonyl (C=O) groups excluding carboxylic acids is 1. The van der Waals surface area contributed by atoms with Crippen molar-refractivity contribution in [2.45, 2.75) is 26.3 Å². The lowest BCUT2D eigenvalue weighted by atomic mass is 10.1. The zero-order valence-corrected chi connectivity index (χ0v) is 11.7. The first kappa shape index (κ1) is 14.3. The van der Waals surface area contributed by atoms with Crippen LogP contribution in [0.1, 0.15) is 28.4 Å². The van der Waals surface area contributed by atoms with E-state index in [1.165, 1.54) is 17.7 Å². The number of amides is 1. The van der Waals surface area contributed by atoms with Crippen LogP contribution in [0.2, 0.25) is 0 Å². The number of benzene rings is 2. The largest absolute Gasteiger partial charge is 0.349 e. The van der Waals surface area contributed by atoms with Crippen LogP contribution in [0.15, 0.2) is 48.5 Å². The Kier molecular flexibility index (Phi) is 4.51. The molecule has 3 heteroatoms. The molecule has 0 radical (unpaired) electrons. The average Bonchev–Trinajstić information content (AvgIpc) is 2.42. The number of hydrogen-bond acceptors (Lipinski definition) is 1. The maximum Gasteiger partial charge on any atom is 0.251 e. The molecule has 0 saturated heterocycles. The van der Waals surface area contributed by atoms with Crippen molar-refractivity contribution in [3.8, 4) is 0 Å². The summed E-state index contributed by atoms with van der Waals surface area (Å²) in [5.41, 5.74) is 2.15. The second-order valence-corrected chi connectivity index (χ2v) is 5.03. The standard InChI is InChI=1S/C17H18FNO/c1-12-10-15(8-9-16(12)18)17(20)19-13(2)11-14-6-4-3-5-7-14/h3-10,13H,11H2,1-2H3,(H,19,20). The molecule has 20 heavy (non-hydrogen) atoms. The molecule has 0 aliphatic carbocycles. The van der Waals surface area contributed by atoms with E-state index in [0.717, 1.165) is 6.42 Å². The van der Waals surface area contributed by atoms with E-state index in [1.54, 1.807) is 13.0 Å². The fourth-order valence-corrected chi connectivity index (χ4v) is 2.11. The second kappa shape index (κ2) is 6.33. The van der Waals surface area contributed by atoms with E-state index in [0.29, 0.717) is 11.1 Å². The van der Waals surface area contributed by atoms with Crippen molar-refractivity contribution < 1.29 is 9.18 Å². The SMILES string of the molecule is Cc1cc(C(=O)NC(C)Cc2ccccc2)ccc1F. The van der Waals surface area contributed by atoms with Crippen LogP contribution in [0.3, 0.4) is 0 Å². The molecule has 2 aromatic rings. The summed E-state index contributed by atoms with van der Waals surface area (Å²) >= 11 is 0. The van der Waals surface area contributed by atoms with Gasteiger partial charge in [-0.3, -0.25) is 4.79 Å². The van der Waals surface area contributed by atoms with E-state index >= 15 is 0 Å². The Bertz CT molecular complexity index is 595. The number of hydrogen-bond donors (Lipinski definition) is 1. The molecule has 0 aromatic heterocycles. The predicted molar refractivity (Wildman–Crippen MR) is 78.2 cm³/mol. The molecule has 0 saturated carbocycles. The van der Waals surface area contributed by atoms with Gasteiger partial charge in [-0.05, 0) is 49.6 Å². The Labute approximate surface area is 118 Å². The van der Waals surface area contributed by atoms with Gasteiger partial charge in [0.2, 0.25) is 0 Å². The topological polar surface area (TPSA) is 29.1 Å². The molecule has 104 valence electrons. The quantitative estimate of drug-likeness (QED) is 0.906. The van der Waals surface area contributed by atoms with Crippen molar-refractivity contribution in [2.24, 2.45) is 0 Å². The van der Waals surface area contributed by atoms with Gasteiger partial charge >= 0.3 is 0 Å². The van der Waals surface area contributed by atoms with E-state index < -0.39 is 0 Å². The maximum absolute atomic E-state index is 13.2. The van der Waals surface area contributed by atoms with Gasteiger partial charge in [0.1, 0.15) is 5.82 Å². The average molecular weight is 271 g/mol. The Balaban J connectivity index is 1.98. The van der Waals surface area contributed by atoms with Gasteiger partial charge < -0.3 is 5.32 Å². The smallest absolute Gasteiger partial charge is 0.251 e. The number of halogens is 1. The molecule has 0 spiro atoms. The molecule has 2 aromatic carbocycles. The number of rotatable bonds is 4. The molecular weight excluding hydrogens is 253 g/mol. The van der Waals surface area contributed by atoms with E-state index in [-0.39, 0.29) is 17.8 Å². The maximum atomic E-state index is 13.2. The summed E-state index contributed by atoms with van der Waals surface area (Å²) in [7, 11) is 0. The normalized spacial score (nSPS) is 11.9. The fraction of sp³-hybridized carbons (Fsp3) is 0.235. The van der Waals surface area contributed by atoms with Gasteiger partial charge in [-0.25, -0.2) is 4.39 Å². The molecule has 0 heterocycles. The van der Waals surface area contributed by atoms with Gasteiger partial charge in [-0.15, -0.1) is 0 Å². The lowest BCUT2D eigenvalue weighted by Crippen LogP contribution is -2.34. The Morgan fingerprint density at radius 2 is 1.90 bits per heavy atom. The second-order valence-electron chi connectivity index (χ2n) is 5.03. The lowest BCUT2D eigenvalue weighted by Gasteiger charge is -2.14. The minimum Gasteiger partial charge on any atom is -0.349 e. The van der Waals surface area contributed by atoms with Crippen molar-refractivity contribution in [2.75, 3.05) is 0 Å². The summed E-state index contributed by atoms with van der Waals surface area (Å²) in [6, 6.07) is 14.4. The fourth-order valence-electron chi connectivity index (χ4n) is 2.11. The minimum atomic E-state index is -0.293. The molecule has 0 bridgehead atoms. The van der Waals surface area contributed by atoms with Crippen LogP contribution in [0.5, 0.6) is 0 Å². The van der Waals surface area contributed by atoms with Gasteiger partial charge in [0, 0.05) is 11.6 Å². The molecule has 0 aliphatic rings. The van der Waals surface area contributed by atoms with E-state index in [2.05, 4.69) is 5.32 Å². The van der Waals surface area contributed by atoms with Crippen LogP contribution >= 0.6 is 0 Å². The minimum absolute atomic E-state index is 0.0234. The van der Waals surface area contributed by atoms with Crippen LogP contribution in [0.4, 0.5) is 4.39 Å². The highest BCUT2D eigenvalue weighted by molar-refractivity contribution is 5.94. The van der Waals surface area contributed by atoms with Crippen LogP contribution in [0.25, 0.3) is 0 Å². The predicted octanol–water partition coefficient (Wildman–Crippen LogP) is 3.50. The highest BCUT2D eigenvalue weighted by Gasteiger charge is 2.11. The van der Waals surface area contributed by atoms with Crippen LogP contribution in [-0.4, -0.2) is 11.9 Å². The summed E-state index contributed by atoms with van der Waals surface area (Å²) in [5, 5.41) is 2.93. The number of carbonyl (C=O) groups is 1. The molecule has 2 nitrogen and oxygen atoms in total. The van der Waals surface area contributed by atoms with E-state index in [9.17, 15) is 9.18 Å². The molecular formula is C17H18FNO. The summed E-state index contributed by atoms with van der Waals surface area (Å²) in [6.07, 6.45) is 0.771. The highest BCUT2D eigenvalue weighted by Crippen LogP contribution is 2.10. The summed E-state index contributed by atoms with van der Waals surface area (Å²) in [6.45, 7) is 3.61. The monoisotopic (exact) mass is 271 g/mol. The van der Waals surface area contributed by atoms with Gasteiger partial charge in [-0.1, -0.05) is 30.3 Å². The third-order valence-corrected chi connectivity index (χ3v) is 3.18. The summed E-state index contributed by atoms with van der Waals surface area (Å²) < 4.78 is 13.2. The molecule has 1 atom stereocenters. The Hall–Kier alpha value is -2.16. The van der Waals surface area contributed by atoms with Crippen LogP contribution in [0, 0.1) is 12.7 Å². The van der Waals surface area contributed by atoms with Crippen molar-refractivity contribution in [3.05, 3.63) is 71.0 Å². The number of aryl methyl sites for hydroxylation is 1. The zero-order valence-electron chi connectivity index (χ0n) is 11.7. The third-order valence-electron chi connectivity index (χ3n) is 3.18. The van der Waals surface area contributed by atoms with Gasteiger partial charge in [0.25, 0.3) is 5.91 Å².